The third-order valence-corrected chi connectivity index (χ3v) is 2.70. The second kappa shape index (κ2) is 4.74. The van der Waals surface area contributed by atoms with Crippen LogP contribution >= 0.6 is 11.3 Å². The van der Waals surface area contributed by atoms with Crippen molar-refractivity contribution < 1.29 is 9.66 Å². The first-order chi connectivity index (χ1) is 7.04. The average Bonchev–Trinajstić information content (AvgIpc) is 2.57. The molecule has 1 aromatic rings. The van der Waals surface area contributed by atoms with E-state index in [4.69, 9.17) is 4.74 Å². The van der Waals surface area contributed by atoms with E-state index in [1.807, 2.05) is 19.0 Å². The van der Waals surface area contributed by atoms with Crippen LogP contribution in [0.15, 0.2) is 6.20 Å². The summed E-state index contributed by atoms with van der Waals surface area (Å²) in [6.07, 6.45) is 2.25. The van der Waals surface area contributed by atoms with E-state index in [-0.39, 0.29) is 0 Å². The number of hydrogen-bond donors (Lipinski definition) is 0. The highest BCUT2D eigenvalue weighted by molar-refractivity contribution is 7.16. The van der Waals surface area contributed by atoms with Gasteiger partial charge in [0.05, 0.1) is 16.9 Å². The Bertz CT molecular complexity index is 386. The second-order valence-electron chi connectivity index (χ2n) is 2.87. The molecule has 0 aliphatic heterocycles. The number of nitrogens with zero attached hydrogens (tertiary/aromatic N) is 3. The minimum atomic E-state index is -0.519. The predicted molar refractivity (Wildman–Crippen MR) is 59.0 cm³/mol. The number of anilines is 1. The molecule has 0 saturated heterocycles. The van der Waals surface area contributed by atoms with Crippen LogP contribution in [0, 0.1) is 10.1 Å². The fourth-order valence-electron chi connectivity index (χ4n) is 0.878. The van der Waals surface area contributed by atoms with Crippen LogP contribution in [0.3, 0.4) is 0 Å². The molecule has 6 nitrogen and oxygen atoms in total. The molecule has 0 unspecified atom stereocenters. The molecule has 7 heteroatoms. The second-order valence-corrected chi connectivity index (χ2v) is 3.87. The first-order valence-corrected chi connectivity index (χ1v) is 4.90. The summed E-state index contributed by atoms with van der Waals surface area (Å²) in [4.78, 5) is 16.3. The standard InChI is InChI=1S/C8H11N3O3S/c1-10(2)8-9-7(14-3)6(15-8)4-5-11(12)13/h4-5H,1-3H3/b5-4+. The number of thiazole rings is 1. The molecule has 0 aliphatic carbocycles. The van der Waals surface area contributed by atoms with Crippen molar-refractivity contribution in [3.05, 3.63) is 21.2 Å². The third kappa shape index (κ3) is 2.91. The number of aromatic nitrogens is 1. The first-order valence-electron chi connectivity index (χ1n) is 4.08. The zero-order valence-corrected chi connectivity index (χ0v) is 9.45. The van der Waals surface area contributed by atoms with Crippen molar-refractivity contribution in [3.8, 4) is 5.88 Å². The van der Waals surface area contributed by atoms with Gasteiger partial charge in [-0.05, 0) is 0 Å². The summed E-state index contributed by atoms with van der Waals surface area (Å²) in [5.74, 6) is 0.404. The Morgan fingerprint density at radius 1 is 1.60 bits per heavy atom. The molecule has 0 saturated carbocycles. The van der Waals surface area contributed by atoms with Crippen LogP contribution in [-0.4, -0.2) is 31.1 Å². The van der Waals surface area contributed by atoms with Gasteiger partial charge < -0.3 is 9.64 Å². The summed E-state index contributed by atoms with van der Waals surface area (Å²) in [6.45, 7) is 0. The van der Waals surface area contributed by atoms with Gasteiger partial charge >= 0.3 is 0 Å². The fraction of sp³-hybridized carbons (Fsp3) is 0.375. The Kier molecular flexibility index (Phi) is 3.62. The molecule has 82 valence electrons. The molecule has 0 fully saturated rings. The largest absolute Gasteiger partial charge is 0.480 e. The lowest BCUT2D eigenvalue weighted by molar-refractivity contribution is -0.400. The van der Waals surface area contributed by atoms with Gasteiger partial charge in [0, 0.05) is 20.2 Å². The zero-order chi connectivity index (χ0) is 11.4. The van der Waals surface area contributed by atoms with Crippen LogP contribution in [0.2, 0.25) is 0 Å². The van der Waals surface area contributed by atoms with Crippen LogP contribution in [0.1, 0.15) is 4.88 Å². The van der Waals surface area contributed by atoms with Gasteiger partial charge in [-0.25, -0.2) is 0 Å². The third-order valence-electron chi connectivity index (χ3n) is 1.53. The van der Waals surface area contributed by atoms with Gasteiger partial charge in [-0.3, -0.25) is 10.1 Å². The van der Waals surface area contributed by atoms with Gasteiger partial charge in [-0.1, -0.05) is 11.3 Å². The lowest BCUT2D eigenvalue weighted by Crippen LogP contribution is -2.07. The van der Waals surface area contributed by atoms with Crippen molar-refractivity contribution >= 4 is 22.5 Å². The molecule has 0 radical (unpaired) electrons. The Morgan fingerprint density at radius 2 is 2.27 bits per heavy atom. The quantitative estimate of drug-likeness (QED) is 0.577. The van der Waals surface area contributed by atoms with E-state index in [0.717, 1.165) is 11.3 Å². The molecule has 15 heavy (non-hydrogen) atoms. The Balaban J connectivity index is 3.00. The average molecular weight is 229 g/mol. The highest BCUT2D eigenvalue weighted by Gasteiger charge is 2.11. The lowest BCUT2D eigenvalue weighted by atomic mass is 10.5. The van der Waals surface area contributed by atoms with Crippen molar-refractivity contribution in [3.63, 3.8) is 0 Å². The topological polar surface area (TPSA) is 68.5 Å². The molecule has 0 N–H and O–H groups in total. The highest BCUT2D eigenvalue weighted by atomic mass is 32.1. The SMILES string of the molecule is COc1nc(N(C)C)sc1/C=C/[N+](=O)[O-]. The molecular formula is C8H11N3O3S. The highest BCUT2D eigenvalue weighted by Crippen LogP contribution is 2.31. The Hall–Kier alpha value is -1.63. The zero-order valence-electron chi connectivity index (χ0n) is 8.63. The molecule has 0 amide bonds. The van der Waals surface area contributed by atoms with E-state index in [0.29, 0.717) is 10.8 Å². The number of rotatable bonds is 4. The van der Waals surface area contributed by atoms with Gasteiger partial charge in [0.25, 0.3) is 0 Å². The summed E-state index contributed by atoms with van der Waals surface area (Å²) in [5, 5.41) is 10.9. The number of ether oxygens (including phenoxy) is 1. The van der Waals surface area contributed by atoms with Crippen LogP contribution in [0.4, 0.5) is 5.13 Å². The van der Waals surface area contributed by atoms with E-state index in [2.05, 4.69) is 4.98 Å². The normalized spacial score (nSPS) is 10.6. The minimum Gasteiger partial charge on any atom is -0.480 e. The maximum Gasteiger partial charge on any atom is 0.236 e. The van der Waals surface area contributed by atoms with E-state index >= 15 is 0 Å². The minimum absolute atomic E-state index is 0.404. The summed E-state index contributed by atoms with van der Waals surface area (Å²) in [7, 11) is 5.18. The Labute approximate surface area is 91.0 Å². The van der Waals surface area contributed by atoms with Crippen LogP contribution < -0.4 is 9.64 Å². The number of methoxy groups -OCH3 is 1. The van der Waals surface area contributed by atoms with Crippen LogP contribution in [0.25, 0.3) is 6.08 Å². The molecule has 0 bridgehead atoms. The number of nitro groups is 1. The molecule has 0 aliphatic rings. The fourth-order valence-corrected chi connectivity index (χ4v) is 1.73. The van der Waals surface area contributed by atoms with Crippen LogP contribution in [0.5, 0.6) is 5.88 Å². The summed E-state index contributed by atoms with van der Waals surface area (Å²) in [6, 6.07) is 0. The van der Waals surface area contributed by atoms with Crippen molar-refractivity contribution in [1.29, 1.82) is 0 Å². The van der Waals surface area contributed by atoms with Gasteiger partial charge in [-0.2, -0.15) is 4.98 Å². The molecule has 1 rings (SSSR count). The van der Waals surface area contributed by atoms with Crippen LogP contribution in [-0.2, 0) is 0 Å². The van der Waals surface area contributed by atoms with E-state index in [1.54, 1.807) is 0 Å². The summed E-state index contributed by atoms with van der Waals surface area (Å²) >= 11 is 1.33. The van der Waals surface area contributed by atoms with E-state index < -0.39 is 4.92 Å². The molecular weight excluding hydrogens is 218 g/mol. The lowest BCUT2D eigenvalue weighted by Gasteiger charge is -2.04. The molecule has 1 heterocycles. The van der Waals surface area contributed by atoms with E-state index in [9.17, 15) is 10.1 Å². The molecule has 0 spiro atoms. The first kappa shape index (κ1) is 11.4. The van der Waals surface area contributed by atoms with Gasteiger partial charge in [0.15, 0.2) is 5.13 Å². The van der Waals surface area contributed by atoms with Gasteiger partial charge in [0.2, 0.25) is 12.1 Å². The molecule has 0 atom stereocenters. The van der Waals surface area contributed by atoms with Crippen molar-refractivity contribution in [2.24, 2.45) is 0 Å². The summed E-state index contributed by atoms with van der Waals surface area (Å²) in [5.41, 5.74) is 0. The maximum absolute atomic E-state index is 10.2. The monoisotopic (exact) mass is 229 g/mol. The van der Waals surface area contributed by atoms with Crippen molar-refractivity contribution in [2.45, 2.75) is 0 Å². The maximum atomic E-state index is 10.2. The molecule has 1 aromatic heterocycles. The number of hydrogen-bond acceptors (Lipinski definition) is 6. The van der Waals surface area contributed by atoms with Gasteiger partial charge in [0.1, 0.15) is 0 Å². The smallest absolute Gasteiger partial charge is 0.236 e. The van der Waals surface area contributed by atoms with Crippen molar-refractivity contribution in [1.82, 2.24) is 4.98 Å². The summed E-state index contributed by atoms with van der Waals surface area (Å²) < 4.78 is 5.01. The predicted octanol–water partition coefficient (Wildman–Crippen LogP) is 1.47. The van der Waals surface area contributed by atoms with Gasteiger partial charge in [-0.15, -0.1) is 0 Å². The van der Waals surface area contributed by atoms with E-state index in [1.165, 1.54) is 24.5 Å². The molecule has 0 aromatic carbocycles. The Morgan fingerprint density at radius 3 is 2.73 bits per heavy atom. The van der Waals surface area contributed by atoms with Crippen molar-refractivity contribution in [2.75, 3.05) is 26.1 Å².